The van der Waals surface area contributed by atoms with Gasteiger partial charge in [-0.1, -0.05) is 0 Å². The van der Waals surface area contributed by atoms with E-state index in [-0.39, 0.29) is 11.3 Å². The maximum Gasteiger partial charge on any atom is 0.271 e. The zero-order chi connectivity index (χ0) is 19.1. The van der Waals surface area contributed by atoms with E-state index in [0.717, 1.165) is 0 Å². The van der Waals surface area contributed by atoms with Gasteiger partial charge in [-0.2, -0.15) is 5.10 Å². The number of nitrogens with zero attached hydrogens (tertiary/aromatic N) is 2. The van der Waals surface area contributed by atoms with Gasteiger partial charge in [-0.05, 0) is 24.3 Å². The van der Waals surface area contributed by atoms with Gasteiger partial charge in [0.25, 0.3) is 11.6 Å². The molecule has 0 radical (unpaired) electrons. The van der Waals surface area contributed by atoms with Gasteiger partial charge >= 0.3 is 0 Å². The largest absolute Gasteiger partial charge is 0.493 e. The number of hydrazone groups is 1. The Bertz CT molecular complexity index is 833. The average molecular weight is 359 g/mol. The summed E-state index contributed by atoms with van der Waals surface area (Å²) in [6.07, 6.45) is 1.39. The minimum Gasteiger partial charge on any atom is -0.493 e. The highest BCUT2D eigenvalue weighted by molar-refractivity contribution is 5.95. The third-order valence-electron chi connectivity index (χ3n) is 3.44. The molecule has 136 valence electrons. The van der Waals surface area contributed by atoms with Gasteiger partial charge in [0, 0.05) is 23.3 Å². The Morgan fingerprint density at radius 1 is 1.04 bits per heavy atom. The molecular formula is C17H17N3O6. The molecule has 0 saturated carbocycles. The van der Waals surface area contributed by atoms with Crippen LogP contribution in [0.3, 0.4) is 0 Å². The van der Waals surface area contributed by atoms with Crippen LogP contribution in [0.4, 0.5) is 5.69 Å². The summed E-state index contributed by atoms with van der Waals surface area (Å²) in [6, 6.07) is 8.56. The summed E-state index contributed by atoms with van der Waals surface area (Å²) in [6.45, 7) is 0. The lowest BCUT2D eigenvalue weighted by Gasteiger charge is -2.13. The van der Waals surface area contributed by atoms with Crippen LogP contribution >= 0.6 is 0 Å². The number of nitrogens with one attached hydrogen (secondary N) is 1. The second kappa shape index (κ2) is 8.47. The molecule has 2 rings (SSSR count). The van der Waals surface area contributed by atoms with Crippen LogP contribution in [0.5, 0.6) is 17.2 Å². The Balaban J connectivity index is 2.15. The lowest BCUT2D eigenvalue weighted by Crippen LogP contribution is -2.17. The fraction of sp³-hybridized carbons (Fsp3) is 0.176. The zero-order valence-corrected chi connectivity index (χ0v) is 14.4. The topological polar surface area (TPSA) is 112 Å². The molecule has 9 nitrogen and oxygen atoms in total. The molecule has 1 N–H and O–H groups in total. The first-order valence-electron chi connectivity index (χ1n) is 7.38. The molecule has 2 aromatic rings. The Morgan fingerprint density at radius 2 is 1.69 bits per heavy atom. The zero-order valence-electron chi connectivity index (χ0n) is 14.4. The molecule has 2 aromatic carbocycles. The molecule has 0 aliphatic rings. The highest BCUT2D eigenvalue weighted by atomic mass is 16.6. The Morgan fingerprint density at radius 3 is 2.23 bits per heavy atom. The third kappa shape index (κ3) is 4.07. The highest BCUT2D eigenvalue weighted by Gasteiger charge is 2.15. The highest BCUT2D eigenvalue weighted by Crippen LogP contribution is 2.38. The molecule has 26 heavy (non-hydrogen) atoms. The van der Waals surface area contributed by atoms with Gasteiger partial charge in [-0.3, -0.25) is 14.9 Å². The van der Waals surface area contributed by atoms with Gasteiger partial charge in [0.15, 0.2) is 11.5 Å². The van der Waals surface area contributed by atoms with Crippen molar-refractivity contribution in [2.24, 2.45) is 5.10 Å². The van der Waals surface area contributed by atoms with Crippen LogP contribution in [0.15, 0.2) is 41.5 Å². The van der Waals surface area contributed by atoms with E-state index in [9.17, 15) is 14.9 Å². The van der Waals surface area contributed by atoms with E-state index in [1.807, 2.05) is 0 Å². The van der Waals surface area contributed by atoms with Gasteiger partial charge < -0.3 is 14.2 Å². The molecule has 9 heteroatoms. The molecule has 0 aliphatic heterocycles. The standard InChI is InChI=1S/C17H17N3O6/c1-24-14-9-6-12(15(25-2)16(14)26-3)10-18-19-17(21)11-4-7-13(8-5-11)20(22)23/h4-10H,1-3H3,(H,19,21)/b18-10+. The molecule has 0 saturated heterocycles. The summed E-state index contributed by atoms with van der Waals surface area (Å²) in [5, 5.41) is 14.5. The number of benzene rings is 2. The smallest absolute Gasteiger partial charge is 0.271 e. The van der Waals surface area contributed by atoms with E-state index in [0.29, 0.717) is 22.8 Å². The fourth-order valence-corrected chi connectivity index (χ4v) is 2.19. The van der Waals surface area contributed by atoms with Crippen LogP contribution in [0.1, 0.15) is 15.9 Å². The lowest BCUT2D eigenvalue weighted by atomic mass is 10.2. The quantitative estimate of drug-likeness (QED) is 0.461. The molecular weight excluding hydrogens is 342 g/mol. The predicted octanol–water partition coefficient (Wildman–Crippen LogP) is 2.38. The van der Waals surface area contributed by atoms with E-state index >= 15 is 0 Å². The summed E-state index contributed by atoms with van der Waals surface area (Å²) >= 11 is 0. The number of carbonyl (C=O) groups excluding carboxylic acids is 1. The summed E-state index contributed by atoms with van der Waals surface area (Å²) in [4.78, 5) is 22.1. The summed E-state index contributed by atoms with van der Waals surface area (Å²) < 4.78 is 15.8. The first-order chi connectivity index (χ1) is 12.5. The number of rotatable bonds is 7. The third-order valence-corrected chi connectivity index (χ3v) is 3.44. The maximum absolute atomic E-state index is 12.0. The van der Waals surface area contributed by atoms with Crippen LogP contribution < -0.4 is 19.6 Å². The van der Waals surface area contributed by atoms with Gasteiger partial charge in [0.05, 0.1) is 32.5 Å². The SMILES string of the molecule is COc1ccc(/C=N/NC(=O)c2ccc([N+](=O)[O-])cc2)c(OC)c1OC. The van der Waals surface area contributed by atoms with E-state index in [2.05, 4.69) is 10.5 Å². The molecule has 0 spiro atoms. The monoisotopic (exact) mass is 359 g/mol. The van der Waals surface area contributed by atoms with Crippen molar-refractivity contribution in [3.05, 3.63) is 57.6 Å². The van der Waals surface area contributed by atoms with Crippen molar-refractivity contribution in [1.82, 2.24) is 5.43 Å². The summed E-state index contributed by atoms with van der Waals surface area (Å²) in [5.41, 5.74) is 3.06. The Hall–Kier alpha value is -3.62. The number of hydrogen-bond donors (Lipinski definition) is 1. The van der Waals surface area contributed by atoms with Crippen LogP contribution in [0, 0.1) is 10.1 Å². The molecule has 0 bridgehead atoms. The fourth-order valence-electron chi connectivity index (χ4n) is 2.19. The van der Waals surface area contributed by atoms with Gasteiger partial charge in [-0.15, -0.1) is 0 Å². The van der Waals surface area contributed by atoms with Crippen LogP contribution in [0.2, 0.25) is 0 Å². The normalized spacial score (nSPS) is 10.4. The molecule has 1 amide bonds. The van der Waals surface area contributed by atoms with E-state index < -0.39 is 10.8 Å². The second-order valence-electron chi connectivity index (χ2n) is 4.93. The Kier molecular flexibility index (Phi) is 6.10. The molecule has 0 aliphatic carbocycles. The maximum atomic E-state index is 12.0. The van der Waals surface area contributed by atoms with Crippen LogP contribution in [-0.4, -0.2) is 38.4 Å². The first-order valence-corrected chi connectivity index (χ1v) is 7.38. The average Bonchev–Trinajstić information content (AvgIpc) is 2.67. The van der Waals surface area contributed by atoms with Crippen molar-refractivity contribution in [2.45, 2.75) is 0 Å². The van der Waals surface area contributed by atoms with E-state index in [1.54, 1.807) is 12.1 Å². The van der Waals surface area contributed by atoms with Gasteiger partial charge in [0.1, 0.15) is 0 Å². The van der Waals surface area contributed by atoms with Crippen molar-refractivity contribution in [2.75, 3.05) is 21.3 Å². The van der Waals surface area contributed by atoms with Crippen molar-refractivity contribution < 1.29 is 23.9 Å². The number of nitro groups is 1. The van der Waals surface area contributed by atoms with Crippen molar-refractivity contribution >= 4 is 17.8 Å². The minimum absolute atomic E-state index is 0.0971. The molecule has 0 heterocycles. The van der Waals surface area contributed by atoms with Crippen molar-refractivity contribution in [3.8, 4) is 17.2 Å². The van der Waals surface area contributed by atoms with Crippen LogP contribution in [-0.2, 0) is 0 Å². The number of amides is 1. The number of nitro benzene ring substituents is 1. The van der Waals surface area contributed by atoms with Crippen LogP contribution in [0.25, 0.3) is 0 Å². The number of non-ortho nitro benzene ring substituents is 1. The van der Waals surface area contributed by atoms with Gasteiger partial charge in [0.2, 0.25) is 5.75 Å². The predicted molar refractivity (Wildman–Crippen MR) is 94.3 cm³/mol. The van der Waals surface area contributed by atoms with Gasteiger partial charge in [-0.25, -0.2) is 5.43 Å². The van der Waals surface area contributed by atoms with Crippen molar-refractivity contribution in [1.29, 1.82) is 0 Å². The molecule has 0 fully saturated rings. The van der Waals surface area contributed by atoms with E-state index in [1.165, 1.54) is 51.8 Å². The molecule has 0 atom stereocenters. The number of carbonyl (C=O) groups is 1. The summed E-state index contributed by atoms with van der Waals surface area (Å²) in [7, 11) is 4.47. The van der Waals surface area contributed by atoms with E-state index in [4.69, 9.17) is 14.2 Å². The number of hydrogen-bond acceptors (Lipinski definition) is 7. The number of ether oxygens (including phenoxy) is 3. The van der Waals surface area contributed by atoms with Crippen molar-refractivity contribution in [3.63, 3.8) is 0 Å². The molecule has 0 unspecified atom stereocenters. The lowest BCUT2D eigenvalue weighted by molar-refractivity contribution is -0.384. The first kappa shape index (κ1) is 18.7. The Labute approximate surface area is 149 Å². The minimum atomic E-state index is -0.539. The molecule has 0 aromatic heterocycles. The second-order valence-corrected chi connectivity index (χ2v) is 4.93. The number of methoxy groups -OCH3 is 3. The summed E-state index contributed by atoms with van der Waals surface area (Å²) in [5.74, 6) is 0.799.